The van der Waals surface area contributed by atoms with Crippen molar-refractivity contribution in [2.75, 3.05) is 0 Å². The number of fused-ring (bicyclic) bond motifs is 1. The molecule has 5 heteroatoms. The summed E-state index contributed by atoms with van der Waals surface area (Å²) in [5, 5.41) is 1.60. The molecule has 2 aromatic rings. The molecule has 27 heavy (non-hydrogen) atoms. The van der Waals surface area contributed by atoms with Crippen LogP contribution in [0, 0.1) is 0 Å². The Kier molecular flexibility index (Phi) is 11.2. The van der Waals surface area contributed by atoms with E-state index in [1.165, 1.54) is 31.7 Å². The quantitative estimate of drug-likeness (QED) is 0.332. The fourth-order valence-corrected chi connectivity index (χ4v) is 4.36. The van der Waals surface area contributed by atoms with Crippen LogP contribution in [0.1, 0.15) is 76.3 Å². The van der Waals surface area contributed by atoms with Crippen LogP contribution in [0.4, 0.5) is 0 Å². The van der Waals surface area contributed by atoms with Gasteiger partial charge in [0.05, 0.1) is 4.90 Å². The molecule has 0 heterocycles. The van der Waals surface area contributed by atoms with Gasteiger partial charge in [0.2, 0.25) is 0 Å². The number of rotatable bonds is 11. The Morgan fingerprint density at radius 3 is 1.89 bits per heavy atom. The molecule has 0 radical (unpaired) electrons. The minimum atomic E-state index is -4.48. The van der Waals surface area contributed by atoms with Crippen molar-refractivity contribution in [1.29, 1.82) is 0 Å². The maximum absolute atomic E-state index is 11.8. The summed E-state index contributed by atoms with van der Waals surface area (Å²) >= 11 is 0. The number of unbranched alkanes of at least 4 members (excludes halogenated alkanes) is 6. The van der Waals surface area contributed by atoms with Crippen molar-refractivity contribution in [3.05, 3.63) is 41.5 Å². The first-order chi connectivity index (χ1) is 12.5. The molecule has 0 N–H and O–H groups in total. The summed E-state index contributed by atoms with van der Waals surface area (Å²) in [6.07, 6.45) is 10.9. The smallest absolute Gasteiger partial charge is 0.744 e. The molecule has 0 saturated heterocycles. The SMILES string of the molecule is CCCCCCc1ccc(CCCCCC)c2c(S(=O)(=O)[O-])cccc12.[Na+]. The number of benzene rings is 2. The second-order valence-corrected chi connectivity index (χ2v) is 8.49. The fraction of sp³-hybridized carbons (Fsp3) is 0.545. The molecule has 0 amide bonds. The van der Waals surface area contributed by atoms with Crippen molar-refractivity contribution >= 4 is 20.9 Å². The van der Waals surface area contributed by atoms with E-state index in [0.717, 1.165) is 55.0 Å². The van der Waals surface area contributed by atoms with Crippen LogP contribution in [0.2, 0.25) is 0 Å². The van der Waals surface area contributed by atoms with E-state index < -0.39 is 10.1 Å². The third kappa shape index (κ3) is 7.17. The van der Waals surface area contributed by atoms with Crippen molar-refractivity contribution in [2.45, 2.75) is 83.0 Å². The molecule has 0 unspecified atom stereocenters. The zero-order valence-electron chi connectivity index (χ0n) is 17.1. The average Bonchev–Trinajstić information content (AvgIpc) is 2.62. The van der Waals surface area contributed by atoms with Crippen molar-refractivity contribution in [1.82, 2.24) is 0 Å². The maximum atomic E-state index is 11.8. The molecule has 2 aromatic carbocycles. The van der Waals surface area contributed by atoms with Crippen LogP contribution in [0.5, 0.6) is 0 Å². The van der Waals surface area contributed by atoms with Crippen LogP contribution in [-0.2, 0) is 23.0 Å². The van der Waals surface area contributed by atoms with Gasteiger partial charge in [0.1, 0.15) is 10.1 Å². The minimum Gasteiger partial charge on any atom is -0.744 e. The van der Waals surface area contributed by atoms with Gasteiger partial charge >= 0.3 is 29.6 Å². The molecule has 2 rings (SSSR count). The minimum absolute atomic E-state index is 0. The van der Waals surface area contributed by atoms with Crippen molar-refractivity contribution in [3.63, 3.8) is 0 Å². The van der Waals surface area contributed by atoms with Crippen LogP contribution in [-0.4, -0.2) is 13.0 Å². The summed E-state index contributed by atoms with van der Waals surface area (Å²) in [4.78, 5) is -0.0594. The molecule has 144 valence electrons. The number of hydrogen-bond acceptors (Lipinski definition) is 3. The van der Waals surface area contributed by atoms with Gasteiger partial charge in [-0.25, -0.2) is 8.42 Å². The van der Waals surface area contributed by atoms with Crippen LogP contribution in [0.3, 0.4) is 0 Å². The molecule has 3 nitrogen and oxygen atoms in total. The predicted molar refractivity (Wildman–Crippen MR) is 108 cm³/mol. The molecule has 0 spiro atoms. The topological polar surface area (TPSA) is 57.2 Å². The molecule has 0 saturated carbocycles. The molecule has 0 atom stereocenters. The van der Waals surface area contributed by atoms with Crippen LogP contribution in [0.25, 0.3) is 10.8 Å². The van der Waals surface area contributed by atoms with Gasteiger partial charge in [-0.2, -0.15) is 0 Å². The average molecular weight is 399 g/mol. The van der Waals surface area contributed by atoms with E-state index in [2.05, 4.69) is 19.9 Å². The van der Waals surface area contributed by atoms with Crippen LogP contribution < -0.4 is 29.6 Å². The van der Waals surface area contributed by atoms with E-state index >= 15 is 0 Å². The van der Waals surface area contributed by atoms with E-state index in [1.807, 2.05) is 12.1 Å². The molecular formula is C22H31NaO3S. The van der Waals surface area contributed by atoms with Gasteiger partial charge in [0, 0.05) is 5.39 Å². The van der Waals surface area contributed by atoms with Gasteiger partial charge in [0.15, 0.2) is 0 Å². The summed E-state index contributed by atoms with van der Waals surface area (Å²) in [5.74, 6) is 0. The van der Waals surface area contributed by atoms with Gasteiger partial charge < -0.3 is 4.55 Å². The zero-order valence-corrected chi connectivity index (χ0v) is 19.9. The van der Waals surface area contributed by atoms with E-state index in [4.69, 9.17) is 0 Å². The van der Waals surface area contributed by atoms with Gasteiger partial charge in [-0.3, -0.25) is 0 Å². The Hall–Kier alpha value is -0.390. The first-order valence-corrected chi connectivity index (χ1v) is 11.4. The predicted octanol–water partition coefficient (Wildman–Crippen LogP) is 2.99. The maximum Gasteiger partial charge on any atom is 1.00 e. The first kappa shape index (κ1) is 24.6. The Bertz CT molecular complexity index is 816. The van der Waals surface area contributed by atoms with Gasteiger partial charge in [0.25, 0.3) is 0 Å². The summed E-state index contributed by atoms with van der Waals surface area (Å²) in [6, 6.07) is 9.29. The van der Waals surface area contributed by atoms with Gasteiger partial charge in [-0.05, 0) is 48.3 Å². The largest absolute Gasteiger partial charge is 1.00 e. The second kappa shape index (κ2) is 12.2. The van der Waals surface area contributed by atoms with E-state index in [0.29, 0.717) is 5.39 Å². The molecule has 0 fully saturated rings. The third-order valence-electron chi connectivity index (χ3n) is 5.05. The summed E-state index contributed by atoms with van der Waals surface area (Å²) in [7, 11) is -4.48. The van der Waals surface area contributed by atoms with Crippen LogP contribution >= 0.6 is 0 Å². The monoisotopic (exact) mass is 398 g/mol. The molecular weight excluding hydrogens is 367 g/mol. The summed E-state index contributed by atoms with van der Waals surface area (Å²) in [6.45, 7) is 4.36. The summed E-state index contributed by atoms with van der Waals surface area (Å²) in [5.41, 5.74) is 2.14. The third-order valence-corrected chi connectivity index (χ3v) is 5.93. The van der Waals surface area contributed by atoms with Gasteiger partial charge in [-0.1, -0.05) is 76.6 Å². The van der Waals surface area contributed by atoms with E-state index in [1.54, 1.807) is 6.07 Å². The fourth-order valence-electron chi connectivity index (χ4n) is 3.62. The normalized spacial score (nSPS) is 11.5. The Morgan fingerprint density at radius 1 is 0.778 bits per heavy atom. The molecule has 0 aliphatic rings. The molecule has 0 aliphatic heterocycles. The Labute approximate surface area is 187 Å². The zero-order chi connectivity index (χ0) is 19.0. The van der Waals surface area contributed by atoms with E-state index in [9.17, 15) is 13.0 Å². The number of hydrogen-bond donors (Lipinski definition) is 0. The standard InChI is InChI=1S/C22H32O3S.Na/c1-3-5-7-9-12-18-16-17-19(13-10-8-6-4-2)22-20(18)14-11-15-21(22)26(23,24)25;/h11,14-17H,3-10,12-13H2,1-2H3,(H,23,24,25);/q;+1/p-1. The molecule has 0 aliphatic carbocycles. The second-order valence-electron chi connectivity index (χ2n) is 7.14. The van der Waals surface area contributed by atoms with E-state index in [-0.39, 0.29) is 34.5 Å². The van der Waals surface area contributed by atoms with Gasteiger partial charge in [-0.15, -0.1) is 0 Å². The molecule has 0 bridgehead atoms. The summed E-state index contributed by atoms with van der Waals surface area (Å²) < 4.78 is 35.5. The Morgan fingerprint density at radius 2 is 1.33 bits per heavy atom. The first-order valence-electron chi connectivity index (χ1n) is 9.98. The Balaban J connectivity index is 0.00000364. The van der Waals surface area contributed by atoms with Crippen molar-refractivity contribution in [2.24, 2.45) is 0 Å². The molecule has 0 aromatic heterocycles. The number of aryl methyl sites for hydroxylation is 2. The van der Waals surface area contributed by atoms with Crippen molar-refractivity contribution in [3.8, 4) is 0 Å². The van der Waals surface area contributed by atoms with Crippen LogP contribution in [0.15, 0.2) is 35.2 Å². The van der Waals surface area contributed by atoms with Crippen molar-refractivity contribution < 1.29 is 42.5 Å².